The number of hydrogen-bond donors (Lipinski definition) is 1. The number of carboxylic acids is 1. The molecule has 3 rings (SSSR count). The maximum Gasteiger partial charge on any atom is 0.312 e. The van der Waals surface area contributed by atoms with Gasteiger partial charge in [-0.3, -0.25) is 4.79 Å². The fraction of sp³-hybridized carbons (Fsp3) is 0.923. The van der Waals surface area contributed by atoms with E-state index >= 15 is 0 Å². The average molecular weight is 224 g/mol. The summed E-state index contributed by atoms with van der Waals surface area (Å²) in [4.78, 5) is 11.8. The third-order valence-corrected chi connectivity index (χ3v) is 4.85. The number of rotatable bonds is 3. The molecule has 1 aliphatic heterocycles. The van der Waals surface area contributed by atoms with Crippen molar-refractivity contribution in [1.82, 2.24) is 0 Å². The van der Waals surface area contributed by atoms with Gasteiger partial charge >= 0.3 is 5.97 Å². The zero-order chi connectivity index (χ0) is 11.2. The van der Waals surface area contributed by atoms with Crippen molar-refractivity contribution in [2.45, 2.75) is 51.0 Å². The van der Waals surface area contributed by atoms with Gasteiger partial charge in [0.2, 0.25) is 0 Å². The second-order valence-electron chi connectivity index (χ2n) is 5.71. The van der Waals surface area contributed by atoms with Crippen molar-refractivity contribution in [1.29, 1.82) is 0 Å². The topological polar surface area (TPSA) is 46.5 Å². The first kappa shape index (κ1) is 10.6. The van der Waals surface area contributed by atoms with E-state index in [4.69, 9.17) is 4.74 Å². The molecule has 0 spiro atoms. The summed E-state index contributed by atoms with van der Waals surface area (Å²) in [5, 5.41) is 9.69. The number of carbonyl (C=O) groups is 1. The zero-order valence-electron chi connectivity index (χ0n) is 9.65. The minimum absolute atomic E-state index is 0.0214. The van der Waals surface area contributed by atoms with Crippen LogP contribution in [0.25, 0.3) is 0 Å². The van der Waals surface area contributed by atoms with Gasteiger partial charge in [0.25, 0.3) is 0 Å². The van der Waals surface area contributed by atoms with Gasteiger partial charge in [-0.2, -0.15) is 0 Å². The van der Waals surface area contributed by atoms with Gasteiger partial charge in [-0.05, 0) is 43.9 Å². The molecule has 1 saturated heterocycles. The highest BCUT2D eigenvalue weighted by atomic mass is 16.5. The Kier molecular flexibility index (Phi) is 2.46. The van der Waals surface area contributed by atoms with E-state index in [-0.39, 0.29) is 6.10 Å². The molecule has 16 heavy (non-hydrogen) atoms. The van der Waals surface area contributed by atoms with Crippen molar-refractivity contribution in [2.24, 2.45) is 17.3 Å². The lowest BCUT2D eigenvalue weighted by molar-refractivity contribution is -0.158. The van der Waals surface area contributed by atoms with Gasteiger partial charge in [0, 0.05) is 6.61 Å². The first-order chi connectivity index (χ1) is 7.75. The predicted octanol–water partition coefficient (Wildman–Crippen LogP) is 2.45. The fourth-order valence-electron chi connectivity index (χ4n) is 3.88. The molecule has 0 aromatic heterocycles. The molecule has 2 aliphatic carbocycles. The summed E-state index contributed by atoms with van der Waals surface area (Å²) < 4.78 is 5.79. The molecule has 1 N–H and O–H groups in total. The first-order valence-electron chi connectivity index (χ1n) is 6.60. The maximum atomic E-state index is 11.8. The highest BCUT2D eigenvalue weighted by molar-refractivity contribution is 5.76. The van der Waals surface area contributed by atoms with Gasteiger partial charge in [0.1, 0.15) is 0 Å². The van der Waals surface area contributed by atoms with Gasteiger partial charge in [-0.25, -0.2) is 0 Å². The van der Waals surface area contributed by atoms with E-state index in [1.165, 1.54) is 25.7 Å². The number of hydrogen-bond acceptors (Lipinski definition) is 2. The molecule has 0 bridgehead atoms. The van der Waals surface area contributed by atoms with Crippen molar-refractivity contribution < 1.29 is 14.6 Å². The third-order valence-electron chi connectivity index (χ3n) is 4.85. The third kappa shape index (κ3) is 1.41. The highest BCUT2D eigenvalue weighted by Crippen LogP contribution is 2.55. The van der Waals surface area contributed by atoms with Crippen LogP contribution in [-0.4, -0.2) is 23.8 Å². The Morgan fingerprint density at radius 2 is 1.88 bits per heavy atom. The Bertz CT molecular complexity index is 292. The van der Waals surface area contributed by atoms with Gasteiger partial charge in [0.05, 0.1) is 11.5 Å². The molecule has 0 aromatic carbocycles. The van der Waals surface area contributed by atoms with E-state index in [9.17, 15) is 9.90 Å². The van der Waals surface area contributed by atoms with Gasteiger partial charge in [-0.1, -0.05) is 12.8 Å². The van der Waals surface area contributed by atoms with Gasteiger partial charge in [-0.15, -0.1) is 0 Å². The molecule has 2 saturated carbocycles. The number of ether oxygens (including phenoxy) is 1. The average Bonchev–Trinajstić information content (AvgIpc) is 2.83. The molecule has 1 heterocycles. The van der Waals surface area contributed by atoms with E-state index in [2.05, 4.69) is 0 Å². The van der Waals surface area contributed by atoms with Crippen LogP contribution in [0.15, 0.2) is 0 Å². The molecular formula is C13H20O3. The van der Waals surface area contributed by atoms with E-state index in [1.807, 2.05) is 0 Å². The maximum absolute atomic E-state index is 11.8. The standard InChI is InChI=1S/C13H20O3/c14-12(15)13(10-3-1-2-4-10)7-8-16-11(13)9-5-6-9/h9-11H,1-8H2,(H,14,15). The molecule has 2 atom stereocenters. The van der Waals surface area contributed by atoms with Crippen LogP contribution in [0.4, 0.5) is 0 Å². The first-order valence-corrected chi connectivity index (χ1v) is 6.60. The summed E-state index contributed by atoms with van der Waals surface area (Å²) in [5.41, 5.74) is -0.530. The SMILES string of the molecule is O=C(O)C1(C2CCCC2)CCOC1C1CC1. The van der Waals surface area contributed by atoms with E-state index < -0.39 is 11.4 Å². The van der Waals surface area contributed by atoms with Crippen molar-refractivity contribution >= 4 is 5.97 Å². The molecule has 3 fully saturated rings. The molecule has 0 amide bonds. The molecule has 2 unspecified atom stereocenters. The summed E-state index contributed by atoms with van der Waals surface area (Å²) >= 11 is 0. The molecule has 3 heteroatoms. The summed E-state index contributed by atoms with van der Waals surface area (Å²) in [6.45, 7) is 0.657. The Morgan fingerprint density at radius 1 is 1.19 bits per heavy atom. The highest BCUT2D eigenvalue weighted by Gasteiger charge is 2.59. The Labute approximate surface area is 96.2 Å². The molecule has 90 valence electrons. The van der Waals surface area contributed by atoms with Gasteiger partial charge < -0.3 is 9.84 Å². The van der Waals surface area contributed by atoms with Crippen LogP contribution in [0.2, 0.25) is 0 Å². The van der Waals surface area contributed by atoms with Crippen LogP contribution in [-0.2, 0) is 9.53 Å². The van der Waals surface area contributed by atoms with Crippen LogP contribution < -0.4 is 0 Å². The second-order valence-corrected chi connectivity index (χ2v) is 5.71. The summed E-state index contributed by atoms with van der Waals surface area (Å²) in [6.07, 6.45) is 7.71. The van der Waals surface area contributed by atoms with E-state index in [0.29, 0.717) is 18.4 Å². The fourth-order valence-corrected chi connectivity index (χ4v) is 3.88. The lowest BCUT2D eigenvalue weighted by Gasteiger charge is -2.35. The Balaban J connectivity index is 1.90. The van der Waals surface area contributed by atoms with E-state index in [0.717, 1.165) is 19.3 Å². The van der Waals surface area contributed by atoms with Crippen LogP contribution in [0.3, 0.4) is 0 Å². The molecule has 0 radical (unpaired) electrons. The normalized spacial score (nSPS) is 40.4. The summed E-state index contributed by atoms with van der Waals surface area (Å²) in [5.74, 6) is 0.325. The van der Waals surface area contributed by atoms with Crippen LogP contribution in [0, 0.1) is 17.3 Å². The minimum Gasteiger partial charge on any atom is -0.481 e. The zero-order valence-corrected chi connectivity index (χ0v) is 9.65. The predicted molar refractivity (Wildman–Crippen MR) is 59.1 cm³/mol. The lowest BCUT2D eigenvalue weighted by atomic mass is 9.68. The number of carboxylic acid groups (broad SMARTS) is 1. The van der Waals surface area contributed by atoms with Crippen molar-refractivity contribution in [3.8, 4) is 0 Å². The monoisotopic (exact) mass is 224 g/mol. The molecular weight excluding hydrogens is 204 g/mol. The van der Waals surface area contributed by atoms with Crippen LogP contribution in [0.1, 0.15) is 44.9 Å². The van der Waals surface area contributed by atoms with Crippen molar-refractivity contribution in [2.75, 3.05) is 6.61 Å². The molecule has 3 aliphatic rings. The van der Waals surface area contributed by atoms with Gasteiger partial charge in [0.15, 0.2) is 0 Å². The minimum atomic E-state index is -0.589. The van der Waals surface area contributed by atoms with Crippen LogP contribution in [0.5, 0.6) is 0 Å². The van der Waals surface area contributed by atoms with E-state index in [1.54, 1.807) is 0 Å². The summed E-state index contributed by atoms with van der Waals surface area (Å²) in [7, 11) is 0. The number of aliphatic carboxylic acids is 1. The Morgan fingerprint density at radius 3 is 2.44 bits per heavy atom. The summed E-state index contributed by atoms with van der Waals surface area (Å²) in [6, 6.07) is 0. The molecule has 0 aromatic rings. The Hall–Kier alpha value is -0.570. The van der Waals surface area contributed by atoms with Crippen molar-refractivity contribution in [3.05, 3.63) is 0 Å². The van der Waals surface area contributed by atoms with Crippen molar-refractivity contribution in [3.63, 3.8) is 0 Å². The lowest BCUT2D eigenvalue weighted by Crippen LogP contribution is -2.45. The smallest absolute Gasteiger partial charge is 0.312 e. The second kappa shape index (κ2) is 3.73. The quantitative estimate of drug-likeness (QED) is 0.801. The largest absolute Gasteiger partial charge is 0.481 e. The van der Waals surface area contributed by atoms with Crippen LogP contribution >= 0.6 is 0 Å². The molecule has 3 nitrogen and oxygen atoms in total.